The molecule has 0 unspecified atom stereocenters. The number of nitrogen functional groups attached to an aromatic ring is 1. The maximum absolute atomic E-state index is 12.3. The van der Waals surface area contributed by atoms with Crippen molar-refractivity contribution in [1.29, 1.82) is 0 Å². The standard InChI is InChI=1S/C13H18N4O3/c14-10-3-1-2-9(8-10)13(20)17(6-4-11(15)18)7-5-12(16)19/h1-3,8H,4-7,14H2,(H2,15,18)(H2,16,19). The molecule has 7 heteroatoms. The van der Waals surface area contributed by atoms with Crippen LogP contribution in [0.1, 0.15) is 23.2 Å². The Bertz CT molecular complexity index is 498. The van der Waals surface area contributed by atoms with Crippen molar-refractivity contribution in [2.75, 3.05) is 18.8 Å². The Morgan fingerprint density at radius 3 is 2.00 bits per heavy atom. The predicted octanol–water partition coefficient (Wildman–Crippen LogP) is -0.538. The van der Waals surface area contributed by atoms with Gasteiger partial charge < -0.3 is 22.1 Å². The van der Waals surface area contributed by atoms with Crippen LogP contribution in [0, 0.1) is 0 Å². The third-order valence-corrected chi connectivity index (χ3v) is 2.68. The van der Waals surface area contributed by atoms with Crippen LogP contribution in [0.4, 0.5) is 5.69 Å². The second kappa shape index (κ2) is 7.13. The number of anilines is 1. The van der Waals surface area contributed by atoms with Crippen molar-refractivity contribution in [3.05, 3.63) is 29.8 Å². The van der Waals surface area contributed by atoms with Gasteiger partial charge in [-0.25, -0.2) is 0 Å². The molecule has 0 atom stereocenters. The van der Waals surface area contributed by atoms with Crippen LogP contribution in [-0.4, -0.2) is 35.7 Å². The molecule has 6 N–H and O–H groups in total. The fraction of sp³-hybridized carbons (Fsp3) is 0.308. The molecule has 0 radical (unpaired) electrons. The summed E-state index contributed by atoms with van der Waals surface area (Å²) >= 11 is 0. The first-order chi connectivity index (χ1) is 9.40. The summed E-state index contributed by atoms with van der Waals surface area (Å²) in [5, 5.41) is 0. The summed E-state index contributed by atoms with van der Waals surface area (Å²) in [5.74, 6) is -1.36. The lowest BCUT2D eigenvalue weighted by molar-refractivity contribution is -0.118. The molecule has 0 fully saturated rings. The van der Waals surface area contributed by atoms with Crippen molar-refractivity contribution >= 4 is 23.4 Å². The van der Waals surface area contributed by atoms with E-state index in [2.05, 4.69) is 0 Å². The third kappa shape index (κ3) is 4.97. The quantitative estimate of drug-likeness (QED) is 0.578. The van der Waals surface area contributed by atoms with Crippen molar-refractivity contribution in [1.82, 2.24) is 4.90 Å². The number of hydrogen-bond acceptors (Lipinski definition) is 4. The van der Waals surface area contributed by atoms with E-state index >= 15 is 0 Å². The van der Waals surface area contributed by atoms with E-state index in [0.29, 0.717) is 11.3 Å². The van der Waals surface area contributed by atoms with Crippen molar-refractivity contribution in [2.24, 2.45) is 11.5 Å². The van der Waals surface area contributed by atoms with Crippen LogP contribution in [0.5, 0.6) is 0 Å². The molecule has 20 heavy (non-hydrogen) atoms. The van der Waals surface area contributed by atoms with E-state index in [1.54, 1.807) is 18.2 Å². The lowest BCUT2D eigenvalue weighted by atomic mass is 10.1. The van der Waals surface area contributed by atoms with Gasteiger partial charge in [0, 0.05) is 37.2 Å². The van der Waals surface area contributed by atoms with E-state index in [1.807, 2.05) is 0 Å². The molecule has 1 rings (SSSR count). The van der Waals surface area contributed by atoms with E-state index < -0.39 is 11.8 Å². The van der Waals surface area contributed by atoms with Gasteiger partial charge in [-0.05, 0) is 18.2 Å². The monoisotopic (exact) mass is 278 g/mol. The zero-order valence-electron chi connectivity index (χ0n) is 11.0. The summed E-state index contributed by atoms with van der Waals surface area (Å²) < 4.78 is 0. The van der Waals surface area contributed by atoms with Crippen molar-refractivity contribution in [3.63, 3.8) is 0 Å². The minimum absolute atomic E-state index is 0.0207. The Morgan fingerprint density at radius 2 is 1.55 bits per heavy atom. The van der Waals surface area contributed by atoms with Gasteiger partial charge in [-0.2, -0.15) is 0 Å². The number of benzene rings is 1. The summed E-state index contributed by atoms with van der Waals surface area (Å²) in [6, 6.07) is 6.46. The first-order valence-electron chi connectivity index (χ1n) is 6.11. The molecule has 0 aliphatic carbocycles. The highest BCUT2D eigenvalue weighted by molar-refractivity contribution is 5.95. The fourth-order valence-electron chi connectivity index (χ4n) is 1.66. The van der Waals surface area contributed by atoms with Gasteiger partial charge in [0.1, 0.15) is 0 Å². The summed E-state index contributed by atoms with van der Waals surface area (Å²) in [6.07, 6.45) is 0.0413. The van der Waals surface area contributed by atoms with Crippen LogP contribution in [-0.2, 0) is 9.59 Å². The molecule has 1 aromatic carbocycles. The number of hydrogen-bond donors (Lipinski definition) is 3. The van der Waals surface area contributed by atoms with Gasteiger partial charge in [-0.1, -0.05) is 6.07 Å². The van der Waals surface area contributed by atoms with Gasteiger partial charge >= 0.3 is 0 Å². The lowest BCUT2D eigenvalue weighted by Crippen LogP contribution is -2.36. The number of rotatable bonds is 7. The Labute approximate surface area is 116 Å². The number of carbonyl (C=O) groups is 3. The van der Waals surface area contributed by atoms with Crippen LogP contribution < -0.4 is 17.2 Å². The zero-order chi connectivity index (χ0) is 15.1. The Morgan fingerprint density at radius 1 is 1.00 bits per heavy atom. The molecule has 0 heterocycles. The van der Waals surface area contributed by atoms with Crippen LogP contribution in [0.2, 0.25) is 0 Å². The molecule has 0 aliphatic heterocycles. The molecule has 108 valence electrons. The Hall–Kier alpha value is -2.57. The number of nitrogens with zero attached hydrogens (tertiary/aromatic N) is 1. The normalized spacial score (nSPS) is 10.0. The molecule has 7 nitrogen and oxygen atoms in total. The fourth-order valence-corrected chi connectivity index (χ4v) is 1.66. The molecular formula is C13H18N4O3. The summed E-state index contributed by atoms with van der Waals surface area (Å²) in [4.78, 5) is 35.3. The Kier molecular flexibility index (Phi) is 5.52. The lowest BCUT2D eigenvalue weighted by Gasteiger charge is -2.21. The highest BCUT2D eigenvalue weighted by atomic mass is 16.2. The second-order valence-electron chi connectivity index (χ2n) is 4.35. The average Bonchev–Trinajstić information content (AvgIpc) is 2.37. The van der Waals surface area contributed by atoms with E-state index in [0.717, 1.165) is 0 Å². The highest BCUT2D eigenvalue weighted by Crippen LogP contribution is 2.10. The van der Waals surface area contributed by atoms with Crippen molar-refractivity contribution in [3.8, 4) is 0 Å². The number of primary amides is 2. The van der Waals surface area contributed by atoms with E-state index in [-0.39, 0.29) is 31.8 Å². The average molecular weight is 278 g/mol. The molecule has 0 aromatic heterocycles. The largest absolute Gasteiger partial charge is 0.399 e. The zero-order valence-corrected chi connectivity index (χ0v) is 11.0. The minimum Gasteiger partial charge on any atom is -0.399 e. The maximum atomic E-state index is 12.3. The number of nitrogens with two attached hydrogens (primary N) is 3. The van der Waals surface area contributed by atoms with Crippen LogP contribution in [0.25, 0.3) is 0 Å². The van der Waals surface area contributed by atoms with Crippen molar-refractivity contribution < 1.29 is 14.4 Å². The predicted molar refractivity (Wildman–Crippen MR) is 74.4 cm³/mol. The number of carbonyl (C=O) groups excluding carboxylic acids is 3. The van der Waals surface area contributed by atoms with Gasteiger partial charge in [0.25, 0.3) is 5.91 Å². The van der Waals surface area contributed by atoms with Gasteiger partial charge in [-0.3, -0.25) is 14.4 Å². The Balaban J connectivity index is 2.81. The molecule has 0 saturated carbocycles. The van der Waals surface area contributed by atoms with E-state index in [4.69, 9.17) is 17.2 Å². The molecule has 0 saturated heterocycles. The first kappa shape index (κ1) is 15.5. The molecule has 0 spiro atoms. The van der Waals surface area contributed by atoms with Crippen LogP contribution >= 0.6 is 0 Å². The van der Waals surface area contributed by atoms with Crippen molar-refractivity contribution in [2.45, 2.75) is 12.8 Å². The third-order valence-electron chi connectivity index (χ3n) is 2.68. The molecule has 1 aromatic rings. The van der Waals surface area contributed by atoms with Gasteiger partial charge in [0.05, 0.1) is 0 Å². The number of amides is 3. The van der Waals surface area contributed by atoms with Crippen LogP contribution in [0.15, 0.2) is 24.3 Å². The van der Waals surface area contributed by atoms with Gasteiger partial charge in [-0.15, -0.1) is 0 Å². The summed E-state index contributed by atoms with van der Waals surface area (Å²) in [7, 11) is 0. The maximum Gasteiger partial charge on any atom is 0.253 e. The van der Waals surface area contributed by atoms with Crippen LogP contribution in [0.3, 0.4) is 0 Å². The smallest absolute Gasteiger partial charge is 0.253 e. The van der Waals surface area contributed by atoms with E-state index in [1.165, 1.54) is 11.0 Å². The van der Waals surface area contributed by atoms with Gasteiger partial charge in [0.15, 0.2) is 0 Å². The first-order valence-corrected chi connectivity index (χ1v) is 6.11. The topological polar surface area (TPSA) is 133 Å². The van der Waals surface area contributed by atoms with E-state index in [9.17, 15) is 14.4 Å². The molecular weight excluding hydrogens is 260 g/mol. The highest BCUT2D eigenvalue weighted by Gasteiger charge is 2.17. The van der Waals surface area contributed by atoms with Gasteiger partial charge in [0.2, 0.25) is 11.8 Å². The minimum atomic E-state index is -0.519. The molecule has 0 bridgehead atoms. The second-order valence-corrected chi connectivity index (χ2v) is 4.35. The summed E-state index contributed by atoms with van der Waals surface area (Å²) in [5.41, 5.74) is 16.6. The summed E-state index contributed by atoms with van der Waals surface area (Å²) in [6.45, 7) is 0.270. The SMILES string of the molecule is NC(=O)CCN(CCC(N)=O)C(=O)c1cccc(N)c1. The molecule has 0 aliphatic rings. The molecule has 3 amide bonds.